The van der Waals surface area contributed by atoms with Gasteiger partial charge in [-0.2, -0.15) is 0 Å². The molecule has 0 aliphatic carbocycles. The van der Waals surface area contributed by atoms with Crippen LogP contribution in [0.5, 0.6) is 0 Å². The lowest BCUT2D eigenvalue weighted by Crippen LogP contribution is -2.41. The van der Waals surface area contributed by atoms with E-state index in [0.717, 1.165) is 29.7 Å². The van der Waals surface area contributed by atoms with E-state index in [2.05, 4.69) is 11.4 Å². The summed E-state index contributed by atoms with van der Waals surface area (Å²) in [5.74, 6) is 0.0278. The Morgan fingerprint density at radius 3 is 2.00 bits per heavy atom. The molecule has 0 atom stereocenters. The van der Waals surface area contributed by atoms with E-state index in [0.29, 0.717) is 6.54 Å². The molecule has 0 aliphatic rings. The number of benzene rings is 1. The molecule has 3 N–H and O–H groups in total. The first kappa shape index (κ1) is 17.9. The van der Waals surface area contributed by atoms with Crippen LogP contribution in [0, 0.1) is 19.3 Å². The van der Waals surface area contributed by atoms with E-state index in [1.54, 1.807) is 0 Å². The van der Waals surface area contributed by atoms with Crippen LogP contribution in [0.3, 0.4) is 0 Å². The third-order valence-corrected chi connectivity index (χ3v) is 3.71. The number of anilines is 1. The Bertz CT molecular complexity index is 400. The average Bonchev–Trinajstić information content (AvgIpc) is 2.30. The second kappa shape index (κ2) is 7.51. The molecule has 1 rings (SSSR count). The Hall–Kier alpha value is -1.06. The minimum atomic E-state index is -0.447. The van der Waals surface area contributed by atoms with Crippen molar-refractivity contribution in [3.8, 4) is 0 Å². The van der Waals surface area contributed by atoms with E-state index in [4.69, 9.17) is 5.73 Å². The lowest BCUT2D eigenvalue weighted by atomic mass is 9.81. The van der Waals surface area contributed by atoms with Crippen LogP contribution in [-0.4, -0.2) is 12.5 Å². The Kier molecular flexibility index (Phi) is 7.09. The predicted molar refractivity (Wildman–Crippen MR) is 83.9 cm³/mol. The SMILES string of the molecule is CCC(CC)(CN)C(=O)Nc1cc(C)cc(C)c1.Cl. The van der Waals surface area contributed by atoms with E-state index in [1.807, 2.05) is 39.8 Å². The fourth-order valence-corrected chi connectivity index (χ4v) is 2.26. The van der Waals surface area contributed by atoms with E-state index < -0.39 is 5.41 Å². The van der Waals surface area contributed by atoms with Crippen molar-refractivity contribution in [2.24, 2.45) is 11.1 Å². The van der Waals surface area contributed by atoms with E-state index in [9.17, 15) is 4.79 Å². The maximum atomic E-state index is 12.4. The van der Waals surface area contributed by atoms with Crippen LogP contribution in [0.25, 0.3) is 0 Å². The van der Waals surface area contributed by atoms with Gasteiger partial charge in [0.2, 0.25) is 5.91 Å². The van der Waals surface area contributed by atoms with Crippen LogP contribution in [0.1, 0.15) is 37.8 Å². The number of nitrogens with one attached hydrogen (secondary N) is 1. The molecule has 0 radical (unpaired) electrons. The summed E-state index contributed by atoms with van der Waals surface area (Å²) >= 11 is 0. The van der Waals surface area contributed by atoms with Gasteiger partial charge < -0.3 is 11.1 Å². The molecule has 1 amide bonds. The lowest BCUT2D eigenvalue weighted by Gasteiger charge is -2.28. The molecule has 1 aromatic rings. The summed E-state index contributed by atoms with van der Waals surface area (Å²) in [6, 6.07) is 6.06. The van der Waals surface area contributed by atoms with Gasteiger partial charge in [0.25, 0.3) is 0 Å². The lowest BCUT2D eigenvalue weighted by molar-refractivity contribution is -0.125. The normalized spacial score (nSPS) is 10.8. The third kappa shape index (κ3) is 4.22. The highest BCUT2D eigenvalue weighted by molar-refractivity contribution is 5.95. The first-order valence-corrected chi connectivity index (χ1v) is 6.57. The number of rotatable bonds is 5. The van der Waals surface area contributed by atoms with Crippen LogP contribution in [0.4, 0.5) is 5.69 Å². The Labute approximate surface area is 122 Å². The number of carbonyl (C=O) groups is 1. The summed E-state index contributed by atoms with van der Waals surface area (Å²) in [6.07, 6.45) is 1.52. The zero-order valence-corrected chi connectivity index (χ0v) is 13.1. The van der Waals surface area contributed by atoms with Gasteiger partial charge in [-0.25, -0.2) is 0 Å². The minimum Gasteiger partial charge on any atom is -0.329 e. The molecule has 3 nitrogen and oxygen atoms in total. The van der Waals surface area contributed by atoms with Crippen LogP contribution in [0.15, 0.2) is 18.2 Å². The highest BCUT2D eigenvalue weighted by Crippen LogP contribution is 2.27. The highest BCUT2D eigenvalue weighted by Gasteiger charge is 2.33. The standard InChI is InChI=1S/C15H24N2O.ClH/c1-5-15(6-2,10-16)14(18)17-13-8-11(3)7-12(4)9-13;/h7-9H,5-6,10,16H2,1-4H3,(H,17,18);1H. The monoisotopic (exact) mass is 284 g/mol. The fraction of sp³-hybridized carbons (Fsp3) is 0.533. The summed E-state index contributed by atoms with van der Waals surface area (Å²) in [6.45, 7) is 8.46. The second-order valence-electron chi connectivity index (χ2n) is 5.02. The van der Waals surface area contributed by atoms with Gasteiger partial charge in [0, 0.05) is 12.2 Å². The van der Waals surface area contributed by atoms with Crippen LogP contribution >= 0.6 is 12.4 Å². The topological polar surface area (TPSA) is 55.1 Å². The van der Waals surface area contributed by atoms with Crippen molar-refractivity contribution in [2.45, 2.75) is 40.5 Å². The van der Waals surface area contributed by atoms with Crippen molar-refractivity contribution in [3.05, 3.63) is 29.3 Å². The van der Waals surface area contributed by atoms with Crippen molar-refractivity contribution >= 4 is 24.0 Å². The number of aryl methyl sites for hydroxylation is 2. The summed E-state index contributed by atoms with van der Waals surface area (Å²) in [5, 5.41) is 3.00. The number of nitrogens with two attached hydrogens (primary N) is 1. The zero-order chi connectivity index (χ0) is 13.8. The van der Waals surface area contributed by atoms with Gasteiger partial charge in [0.1, 0.15) is 0 Å². The molecule has 108 valence electrons. The quantitative estimate of drug-likeness (QED) is 0.870. The zero-order valence-electron chi connectivity index (χ0n) is 12.2. The number of hydrogen-bond acceptors (Lipinski definition) is 2. The first-order chi connectivity index (χ1) is 8.47. The number of amides is 1. The van der Waals surface area contributed by atoms with Crippen LogP contribution in [-0.2, 0) is 4.79 Å². The molecular formula is C15H25ClN2O. The van der Waals surface area contributed by atoms with Gasteiger partial charge in [-0.05, 0) is 49.9 Å². The van der Waals surface area contributed by atoms with Gasteiger partial charge in [0.05, 0.1) is 5.41 Å². The molecular weight excluding hydrogens is 260 g/mol. The molecule has 0 saturated heterocycles. The molecule has 0 bridgehead atoms. The van der Waals surface area contributed by atoms with Crippen molar-refractivity contribution in [1.29, 1.82) is 0 Å². The Balaban J connectivity index is 0.00000324. The average molecular weight is 285 g/mol. The molecule has 0 heterocycles. The Morgan fingerprint density at radius 1 is 1.16 bits per heavy atom. The molecule has 0 aromatic heterocycles. The summed E-state index contributed by atoms with van der Waals surface area (Å²) in [5.41, 5.74) is 8.49. The molecule has 0 unspecified atom stereocenters. The largest absolute Gasteiger partial charge is 0.329 e. The molecule has 4 heteroatoms. The molecule has 19 heavy (non-hydrogen) atoms. The fourth-order valence-electron chi connectivity index (χ4n) is 2.26. The van der Waals surface area contributed by atoms with Crippen molar-refractivity contribution in [2.75, 3.05) is 11.9 Å². The van der Waals surface area contributed by atoms with Crippen LogP contribution < -0.4 is 11.1 Å². The number of hydrogen-bond donors (Lipinski definition) is 2. The molecule has 1 aromatic carbocycles. The molecule has 0 fully saturated rings. The van der Waals surface area contributed by atoms with Gasteiger partial charge in [-0.15, -0.1) is 12.4 Å². The molecule has 0 saturated carbocycles. The van der Waals surface area contributed by atoms with E-state index in [-0.39, 0.29) is 18.3 Å². The van der Waals surface area contributed by atoms with E-state index >= 15 is 0 Å². The van der Waals surface area contributed by atoms with Gasteiger partial charge in [-0.3, -0.25) is 4.79 Å². The van der Waals surface area contributed by atoms with Crippen molar-refractivity contribution < 1.29 is 4.79 Å². The van der Waals surface area contributed by atoms with Crippen molar-refractivity contribution in [1.82, 2.24) is 0 Å². The van der Waals surface area contributed by atoms with E-state index in [1.165, 1.54) is 0 Å². The first-order valence-electron chi connectivity index (χ1n) is 6.57. The Morgan fingerprint density at radius 2 is 1.63 bits per heavy atom. The highest BCUT2D eigenvalue weighted by atomic mass is 35.5. The summed E-state index contributed by atoms with van der Waals surface area (Å²) < 4.78 is 0. The summed E-state index contributed by atoms with van der Waals surface area (Å²) in [4.78, 5) is 12.4. The molecule has 0 aliphatic heterocycles. The third-order valence-electron chi connectivity index (χ3n) is 3.71. The van der Waals surface area contributed by atoms with Gasteiger partial charge in [0.15, 0.2) is 0 Å². The maximum Gasteiger partial charge on any atom is 0.231 e. The van der Waals surface area contributed by atoms with Gasteiger partial charge in [-0.1, -0.05) is 19.9 Å². The minimum absolute atomic E-state index is 0. The number of halogens is 1. The summed E-state index contributed by atoms with van der Waals surface area (Å²) in [7, 11) is 0. The maximum absolute atomic E-state index is 12.4. The van der Waals surface area contributed by atoms with Gasteiger partial charge >= 0.3 is 0 Å². The molecule has 0 spiro atoms. The van der Waals surface area contributed by atoms with Crippen molar-refractivity contribution in [3.63, 3.8) is 0 Å². The van der Waals surface area contributed by atoms with Crippen LogP contribution in [0.2, 0.25) is 0 Å². The number of carbonyl (C=O) groups excluding carboxylic acids is 1. The smallest absolute Gasteiger partial charge is 0.231 e. The predicted octanol–water partition coefficient (Wildman–Crippen LogP) is 3.43. The second-order valence-corrected chi connectivity index (χ2v) is 5.02.